The van der Waals surface area contributed by atoms with Gasteiger partial charge in [-0.25, -0.2) is 9.97 Å². The number of benzene rings is 2. The first-order valence-corrected chi connectivity index (χ1v) is 10.3. The maximum atomic E-state index is 10.5. The second-order valence-electron chi connectivity index (χ2n) is 7.58. The summed E-state index contributed by atoms with van der Waals surface area (Å²) in [6.45, 7) is 4.31. The largest absolute Gasteiger partial charge is 0.507 e. The van der Waals surface area contributed by atoms with Crippen LogP contribution >= 0.6 is 0 Å². The number of aldehydes is 1. The van der Waals surface area contributed by atoms with Crippen molar-refractivity contribution < 1.29 is 15.0 Å². The quantitative estimate of drug-likeness (QED) is 0.583. The fourth-order valence-corrected chi connectivity index (χ4v) is 3.86. The zero-order valence-electron chi connectivity index (χ0n) is 16.8. The molecule has 1 aliphatic heterocycles. The van der Waals surface area contributed by atoms with E-state index in [2.05, 4.69) is 14.8 Å². The van der Waals surface area contributed by atoms with Crippen molar-refractivity contribution in [1.82, 2.24) is 14.9 Å². The number of piperazine rings is 1. The number of rotatable bonds is 7. The Hall–Kier alpha value is -3.03. The van der Waals surface area contributed by atoms with E-state index in [-0.39, 0.29) is 5.75 Å². The number of phenols is 1. The van der Waals surface area contributed by atoms with Crippen LogP contribution < -0.4 is 4.90 Å². The third-order valence-electron chi connectivity index (χ3n) is 5.53. The van der Waals surface area contributed by atoms with Crippen LogP contribution in [-0.2, 0) is 4.79 Å². The van der Waals surface area contributed by atoms with Crippen LogP contribution in [0.3, 0.4) is 0 Å². The third-order valence-corrected chi connectivity index (χ3v) is 5.53. The summed E-state index contributed by atoms with van der Waals surface area (Å²) in [7, 11) is 0. The zero-order chi connectivity index (χ0) is 20.9. The summed E-state index contributed by atoms with van der Waals surface area (Å²) in [4.78, 5) is 24.7. The van der Waals surface area contributed by atoms with Gasteiger partial charge < -0.3 is 19.9 Å². The third kappa shape index (κ3) is 4.42. The van der Waals surface area contributed by atoms with Crippen molar-refractivity contribution in [1.29, 1.82) is 0 Å². The molecule has 2 heterocycles. The molecule has 1 fully saturated rings. The number of aliphatic hydroxyl groups is 1. The first kappa shape index (κ1) is 20.3. The molecule has 0 radical (unpaired) electrons. The lowest BCUT2D eigenvalue weighted by Crippen LogP contribution is -2.47. The lowest BCUT2D eigenvalue weighted by atomic mass is 10.1. The zero-order valence-corrected chi connectivity index (χ0v) is 16.8. The van der Waals surface area contributed by atoms with E-state index in [1.165, 1.54) is 0 Å². The van der Waals surface area contributed by atoms with Crippen molar-refractivity contribution >= 4 is 23.0 Å². The molecule has 156 valence electrons. The summed E-state index contributed by atoms with van der Waals surface area (Å²) in [5.41, 5.74) is 1.47. The van der Waals surface area contributed by atoms with E-state index in [0.717, 1.165) is 55.9 Å². The monoisotopic (exact) mass is 406 g/mol. The van der Waals surface area contributed by atoms with Crippen LogP contribution in [0, 0.1) is 0 Å². The summed E-state index contributed by atoms with van der Waals surface area (Å²) in [5, 5.41) is 20.7. The van der Waals surface area contributed by atoms with Gasteiger partial charge in [-0.1, -0.05) is 24.3 Å². The Morgan fingerprint density at radius 1 is 1.00 bits per heavy atom. The molecule has 7 heteroatoms. The number of fused-ring (bicyclic) bond motifs is 1. The Bertz CT molecular complexity index is 1020. The van der Waals surface area contributed by atoms with E-state index < -0.39 is 6.10 Å². The van der Waals surface area contributed by atoms with Crippen LogP contribution in [-0.4, -0.2) is 70.2 Å². The molecule has 1 atom stereocenters. The first-order valence-electron chi connectivity index (χ1n) is 10.3. The smallest absolute Gasteiger partial charge is 0.165 e. The number of aromatic hydroxyl groups is 1. The summed E-state index contributed by atoms with van der Waals surface area (Å²) < 4.78 is 0. The summed E-state index contributed by atoms with van der Waals surface area (Å²) in [5.74, 6) is 1.57. The molecule has 0 saturated carbocycles. The van der Waals surface area contributed by atoms with Crippen LogP contribution in [0.15, 0.2) is 48.5 Å². The molecule has 0 aliphatic carbocycles. The van der Waals surface area contributed by atoms with E-state index >= 15 is 0 Å². The number of carbonyl (C=O) groups excluding carboxylic acids is 1. The number of para-hydroxylation sites is 2. The minimum absolute atomic E-state index is 0.168. The van der Waals surface area contributed by atoms with Gasteiger partial charge >= 0.3 is 0 Å². The number of nitrogens with zero attached hydrogens (tertiary/aromatic N) is 4. The Morgan fingerprint density at radius 3 is 2.50 bits per heavy atom. The van der Waals surface area contributed by atoms with E-state index in [1.807, 2.05) is 36.4 Å². The molecule has 3 aromatic rings. The Morgan fingerprint density at radius 2 is 1.73 bits per heavy atom. The maximum absolute atomic E-state index is 10.5. The molecular formula is C23H26N4O3. The molecule has 1 unspecified atom stereocenters. The number of aromatic nitrogens is 2. The van der Waals surface area contributed by atoms with Gasteiger partial charge in [-0.05, 0) is 43.7 Å². The lowest BCUT2D eigenvalue weighted by molar-refractivity contribution is -0.115. The minimum Gasteiger partial charge on any atom is -0.507 e. The predicted octanol–water partition coefficient (Wildman–Crippen LogP) is 2.46. The van der Waals surface area contributed by atoms with Gasteiger partial charge in [0.1, 0.15) is 24.0 Å². The fourth-order valence-electron chi connectivity index (χ4n) is 3.86. The van der Waals surface area contributed by atoms with Crippen LogP contribution in [0.1, 0.15) is 12.8 Å². The van der Waals surface area contributed by atoms with Gasteiger partial charge in [0, 0.05) is 31.6 Å². The van der Waals surface area contributed by atoms with Gasteiger partial charge in [-0.3, -0.25) is 4.90 Å². The van der Waals surface area contributed by atoms with E-state index in [4.69, 9.17) is 4.98 Å². The molecule has 2 N–H and O–H groups in total. The van der Waals surface area contributed by atoms with Crippen LogP contribution in [0.2, 0.25) is 0 Å². The van der Waals surface area contributed by atoms with Crippen molar-refractivity contribution in [3.63, 3.8) is 0 Å². The molecular weight excluding hydrogens is 380 g/mol. The van der Waals surface area contributed by atoms with Crippen LogP contribution in [0.4, 0.5) is 5.82 Å². The highest BCUT2D eigenvalue weighted by atomic mass is 16.3. The molecule has 2 aromatic carbocycles. The molecule has 30 heavy (non-hydrogen) atoms. The molecule has 1 saturated heterocycles. The molecule has 0 bridgehead atoms. The van der Waals surface area contributed by atoms with Gasteiger partial charge in [0.15, 0.2) is 5.82 Å². The molecule has 7 nitrogen and oxygen atoms in total. The van der Waals surface area contributed by atoms with E-state index in [1.54, 1.807) is 12.1 Å². The summed E-state index contributed by atoms with van der Waals surface area (Å²) in [6, 6.07) is 15.1. The number of hydrogen-bond acceptors (Lipinski definition) is 7. The molecule has 4 rings (SSSR count). The number of anilines is 1. The standard InChI is InChI=1S/C23H26N4O3/c28-16-17(29)6-5-11-26-12-14-27(15-13-26)23-18-7-1-3-9-20(18)24-22(25-23)19-8-2-4-10-21(19)30/h1-4,7-10,16-17,29-30H,5-6,11-15H2. The predicted molar refractivity (Wildman–Crippen MR) is 117 cm³/mol. The van der Waals surface area contributed by atoms with Gasteiger partial charge in [-0.2, -0.15) is 0 Å². The van der Waals surface area contributed by atoms with Gasteiger partial charge in [0.05, 0.1) is 11.1 Å². The number of aliphatic hydroxyl groups excluding tert-OH is 1. The second kappa shape index (κ2) is 9.19. The van der Waals surface area contributed by atoms with Gasteiger partial charge in [-0.15, -0.1) is 0 Å². The van der Waals surface area contributed by atoms with Crippen molar-refractivity contribution in [3.05, 3.63) is 48.5 Å². The fraction of sp³-hybridized carbons (Fsp3) is 0.348. The highest BCUT2D eigenvalue weighted by molar-refractivity contribution is 5.91. The number of hydrogen-bond donors (Lipinski definition) is 2. The number of phenolic OH excluding ortho intramolecular Hbond substituents is 1. The molecule has 0 spiro atoms. The average molecular weight is 406 g/mol. The average Bonchev–Trinajstić information content (AvgIpc) is 2.79. The Balaban J connectivity index is 1.54. The highest BCUT2D eigenvalue weighted by Gasteiger charge is 2.21. The maximum Gasteiger partial charge on any atom is 0.165 e. The van der Waals surface area contributed by atoms with Crippen molar-refractivity contribution in [3.8, 4) is 17.1 Å². The molecule has 0 amide bonds. The topological polar surface area (TPSA) is 89.8 Å². The van der Waals surface area contributed by atoms with Gasteiger partial charge in [0.25, 0.3) is 0 Å². The lowest BCUT2D eigenvalue weighted by Gasteiger charge is -2.36. The number of carbonyl (C=O) groups is 1. The first-order chi connectivity index (χ1) is 14.7. The highest BCUT2D eigenvalue weighted by Crippen LogP contribution is 2.31. The van der Waals surface area contributed by atoms with Gasteiger partial charge in [0.2, 0.25) is 0 Å². The van der Waals surface area contributed by atoms with Crippen molar-refractivity contribution in [2.75, 3.05) is 37.6 Å². The molecule has 1 aromatic heterocycles. The Kier molecular flexibility index (Phi) is 6.21. The minimum atomic E-state index is -0.855. The molecule has 1 aliphatic rings. The summed E-state index contributed by atoms with van der Waals surface area (Å²) >= 11 is 0. The SMILES string of the molecule is O=CC(O)CCCN1CCN(c2nc(-c3ccccc3O)nc3ccccc23)CC1. The van der Waals surface area contributed by atoms with Crippen molar-refractivity contribution in [2.24, 2.45) is 0 Å². The summed E-state index contributed by atoms with van der Waals surface area (Å²) in [6.07, 6.45) is 1.05. The normalized spacial score (nSPS) is 16.0. The van der Waals surface area contributed by atoms with Crippen LogP contribution in [0.5, 0.6) is 5.75 Å². The Labute approximate surface area is 175 Å². The van der Waals surface area contributed by atoms with Crippen molar-refractivity contribution in [2.45, 2.75) is 18.9 Å². The second-order valence-corrected chi connectivity index (χ2v) is 7.58. The van der Waals surface area contributed by atoms with E-state index in [0.29, 0.717) is 24.1 Å². The van der Waals surface area contributed by atoms with Crippen LogP contribution in [0.25, 0.3) is 22.3 Å². The van der Waals surface area contributed by atoms with E-state index in [9.17, 15) is 15.0 Å².